The zero-order chi connectivity index (χ0) is 18.1. The molecule has 10 heteroatoms. The Balaban J connectivity index is -0.000000271. The first-order valence-electron chi connectivity index (χ1n) is 6.94. The van der Waals surface area contributed by atoms with Gasteiger partial charge in [0.25, 0.3) is 0 Å². The van der Waals surface area contributed by atoms with E-state index in [0.29, 0.717) is 19.3 Å². The average molecular weight is 376 g/mol. The zero-order valence-electron chi connectivity index (χ0n) is 14.3. The Morgan fingerprint density at radius 2 is 2.04 bits per heavy atom. The number of rotatable bonds is 9. The first kappa shape index (κ1) is 28.5. The number of esters is 1. The summed E-state index contributed by atoms with van der Waals surface area (Å²) < 4.78 is 43.6. The van der Waals surface area contributed by atoms with Gasteiger partial charge in [-0.2, -0.15) is 0 Å². The standard InChI is InChI=1S/C6H10O2.C5H8O2.C3H8O4S.Na/c1-2-3-7-4-6-5-8-6;1-3-5(6)7-4-2;4-2-1-3-8(5,6)7;/h2,6H,1,3-5H2;3H,1,4H2,2H3;4H,1-3H2,(H,5,6,7);/q;;;+1/p-1. The molecule has 0 radical (unpaired) electrons. The van der Waals surface area contributed by atoms with Crippen molar-refractivity contribution in [2.24, 2.45) is 0 Å². The fraction of sp³-hybridized carbons (Fsp3) is 0.643. The van der Waals surface area contributed by atoms with Crippen LogP contribution in [0.15, 0.2) is 25.3 Å². The van der Waals surface area contributed by atoms with Gasteiger partial charge in [0, 0.05) is 18.4 Å². The quantitative estimate of drug-likeness (QED) is 0.0873. The van der Waals surface area contributed by atoms with Crippen molar-refractivity contribution >= 4 is 16.1 Å². The number of epoxide rings is 1. The third kappa shape index (κ3) is 29.7. The molecule has 0 saturated carbocycles. The number of hydrogen-bond donors (Lipinski definition) is 1. The van der Waals surface area contributed by atoms with Gasteiger partial charge in [0.2, 0.25) is 0 Å². The number of ether oxygens (including phenoxy) is 3. The summed E-state index contributed by atoms with van der Waals surface area (Å²) in [6.07, 6.45) is 3.30. The van der Waals surface area contributed by atoms with Crippen LogP contribution < -0.4 is 29.6 Å². The molecule has 1 N–H and O–H groups in total. The predicted molar refractivity (Wildman–Crippen MR) is 83.9 cm³/mol. The number of hydrogen-bond acceptors (Lipinski definition) is 8. The number of carbonyl (C=O) groups excluding carboxylic acids is 1. The summed E-state index contributed by atoms with van der Waals surface area (Å²) in [6, 6.07) is 0. The summed E-state index contributed by atoms with van der Waals surface area (Å²) in [5, 5.41) is 8.03. The monoisotopic (exact) mass is 376 g/mol. The van der Waals surface area contributed by atoms with Crippen LogP contribution in [-0.4, -0.2) is 68.9 Å². The Bertz CT molecular complexity index is 420. The van der Waals surface area contributed by atoms with E-state index in [0.717, 1.165) is 19.3 Å². The molecule has 1 heterocycles. The minimum atomic E-state index is -4.10. The van der Waals surface area contributed by atoms with E-state index < -0.39 is 15.9 Å². The maximum absolute atomic E-state index is 10.1. The topological polar surface area (TPSA) is 125 Å². The first-order valence-corrected chi connectivity index (χ1v) is 8.52. The molecule has 1 aliphatic heterocycles. The van der Waals surface area contributed by atoms with E-state index in [1.807, 2.05) is 0 Å². The van der Waals surface area contributed by atoms with E-state index >= 15 is 0 Å². The van der Waals surface area contributed by atoms with Gasteiger partial charge in [-0.25, -0.2) is 13.2 Å². The summed E-state index contributed by atoms with van der Waals surface area (Å²) in [6.45, 7) is 10.9. The molecule has 1 saturated heterocycles. The van der Waals surface area contributed by atoms with Crippen LogP contribution in [0.25, 0.3) is 0 Å². The fourth-order valence-corrected chi connectivity index (χ4v) is 1.37. The molecule has 1 aliphatic rings. The molecule has 136 valence electrons. The third-order valence-corrected chi connectivity index (χ3v) is 2.74. The van der Waals surface area contributed by atoms with Crippen molar-refractivity contribution in [3.8, 4) is 0 Å². The summed E-state index contributed by atoms with van der Waals surface area (Å²) in [5.74, 6) is -0.828. The molecular formula is C14H25NaO8S. The molecule has 0 aromatic carbocycles. The minimum absolute atomic E-state index is 0. The van der Waals surface area contributed by atoms with E-state index in [1.165, 1.54) is 0 Å². The van der Waals surface area contributed by atoms with Crippen molar-refractivity contribution in [3.63, 3.8) is 0 Å². The molecule has 0 amide bonds. The molecule has 8 nitrogen and oxygen atoms in total. The molecule has 1 atom stereocenters. The van der Waals surface area contributed by atoms with Gasteiger partial charge in [0.1, 0.15) is 6.10 Å². The molecule has 0 aliphatic carbocycles. The van der Waals surface area contributed by atoms with Gasteiger partial charge in [-0.3, -0.25) is 0 Å². The molecule has 1 rings (SSSR count). The first-order chi connectivity index (χ1) is 10.8. The molecule has 0 aromatic heterocycles. The van der Waals surface area contributed by atoms with Gasteiger partial charge >= 0.3 is 35.5 Å². The molecule has 0 bridgehead atoms. The fourth-order valence-electron chi connectivity index (χ4n) is 0.890. The molecule has 1 fully saturated rings. The third-order valence-electron chi connectivity index (χ3n) is 1.95. The van der Waals surface area contributed by atoms with Crippen molar-refractivity contribution in [3.05, 3.63) is 25.3 Å². The van der Waals surface area contributed by atoms with Gasteiger partial charge < -0.3 is 23.9 Å². The van der Waals surface area contributed by atoms with Crippen LogP contribution in [0.3, 0.4) is 0 Å². The predicted octanol–water partition coefficient (Wildman–Crippen LogP) is -2.76. The van der Waals surface area contributed by atoms with E-state index in [2.05, 4.69) is 17.9 Å². The average Bonchev–Trinajstić information content (AvgIpc) is 3.30. The summed E-state index contributed by atoms with van der Waals surface area (Å²) in [5.41, 5.74) is 0. The molecule has 0 spiro atoms. The van der Waals surface area contributed by atoms with Gasteiger partial charge in [-0.1, -0.05) is 12.7 Å². The smallest absolute Gasteiger partial charge is 0.748 e. The van der Waals surface area contributed by atoms with Crippen molar-refractivity contribution in [2.45, 2.75) is 19.4 Å². The Morgan fingerprint density at radius 1 is 1.46 bits per heavy atom. The van der Waals surface area contributed by atoms with Crippen LogP contribution in [0.1, 0.15) is 13.3 Å². The molecular weight excluding hydrogens is 351 g/mol. The van der Waals surface area contributed by atoms with Crippen LogP contribution in [-0.2, 0) is 29.1 Å². The zero-order valence-corrected chi connectivity index (χ0v) is 17.1. The second kappa shape index (κ2) is 19.1. The van der Waals surface area contributed by atoms with E-state index in [9.17, 15) is 17.8 Å². The van der Waals surface area contributed by atoms with E-state index in [1.54, 1.807) is 13.0 Å². The number of aliphatic hydroxyl groups is 1. The Morgan fingerprint density at radius 3 is 2.29 bits per heavy atom. The van der Waals surface area contributed by atoms with Crippen LogP contribution in [0.4, 0.5) is 0 Å². The Kier molecular flexibility index (Phi) is 22.7. The molecule has 1 unspecified atom stereocenters. The normalized spacial score (nSPS) is 14.5. The van der Waals surface area contributed by atoms with Crippen LogP contribution in [0.2, 0.25) is 0 Å². The van der Waals surface area contributed by atoms with Crippen molar-refractivity contribution < 1.29 is 66.6 Å². The molecule has 24 heavy (non-hydrogen) atoms. The van der Waals surface area contributed by atoms with Crippen molar-refractivity contribution in [1.82, 2.24) is 0 Å². The summed E-state index contributed by atoms with van der Waals surface area (Å²) in [7, 11) is -4.10. The maximum atomic E-state index is 10.1. The Hall–Kier alpha value is -0.260. The largest absolute Gasteiger partial charge is 1.00 e. The summed E-state index contributed by atoms with van der Waals surface area (Å²) in [4.78, 5) is 10.1. The van der Waals surface area contributed by atoms with Gasteiger partial charge in [0.05, 0.1) is 36.5 Å². The van der Waals surface area contributed by atoms with Crippen molar-refractivity contribution in [2.75, 3.05) is 38.8 Å². The SMILES string of the molecule is C=CC(=O)OCC.C=CCOCC1CO1.O=S(=O)([O-])CCCO.[Na+]. The molecule has 0 aromatic rings. The minimum Gasteiger partial charge on any atom is -0.748 e. The maximum Gasteiger partial charge on any atom is 1.00 e. The second-order valence-electron chi connectivity index (χ2n) is 4.08. The van der Waals surface area contributed by atoms with Gasteiger partial charge in [0.15, 0.2) is 0 Å². The van der Waals surface area contributed by atoms with E-state index in [4.69, 9.17) is 14.6 Å². The number of aliphatic hydroxyl groups excluding tert-OH is 1. The van der Waals surface area contributed by atoms with Crippen molar-refractivity contribution in [1.29, 1.82) is 0 Å². The van der Waals surface area contributed by atoms with Crippen LogP contribution in [0.5, 0.6) is 0 Å². The van der Waals surface area contributed by atoms with Gasteiger partial charge in [-0.15, -0.1) is 6.58 Å². The van der Waals surface area contributed by atoms with Crippen LogP contribution >= 0.6 is 0 Å². The number of carbonyl (C=O) groups is 1. The van der Waals surface area contributed by atoms with Gasteiger partial charge in [-0.05, 0) is 13.3 Å². The second-order valence-corrected chi connectivity index (χ2v) is 5.60. The van der Waals surface area contributed by atoms with E-state index in [-0.39, 0.29) is 48.6 Å². The summed E-state index contributed by atoms with van der Waals surface area (Å²) >= 11 is 0. The van der Waals surface area contributed by atoms with Crippen LogP contribution in [0, 0.1) is 0 Å². The Labute approximate surface area is 165 Å².